The zero-order chi connectivity index (χ0) is 14.9. The van der Waals surface area contributed by atoms with Gasteiger partial charge < -0.3 is 16.2 Å². The van der Waals surface area contributed by atoms with E-state index >= 15 is 0 Å². The number of hydrogen-bond donors (Lipinski definition) is 3. The minimum absolute atomic E-state index is 0.152. The smallest absolute Gasteiger partial charge is 0.259 e. The minimum atomic E-state index is -0.631. The van der Waals surface area contributed by atoms with Gasteiger partial charge in [0, 0.05) is 14.6 Å². The number of amides is 1. The predicted octanol–water partition coefficient (Wildman–Crippen LogP) is 3.89. The molecule has 7 heteroatoms. The van der Waals surface area contributed by atoms with Crippen LogP contribution in [0.25, 0.3) is 0 Å². The second-order valence-electron chi connectivity index (χ2n) is 3.98. The zero-order valence-electron chi connectivity index (χ0n) is 9.95. The molecule has 0 saturated carbocycles. The summed E-state index contributed by atoms with van der Waals surface area (Å²) < 4.78 is 14.3. The minimum Gasteiger partial charge on any atom is -0.507 e. The van der Waals surface area contributed by atoms with E-state index in [-0.39, 0.29) is 11.3 Å². The van der Waals surface area contributed by atoms with Crippen molar-refractivity contribution >= 4 is 49.1 Å². The first-order valence-corrected chi connectivity index (χ1v) is 7.01. The number of carbonyl (C=O) groups excluding carboxylic acids is 1. The van der Waals surface area contributed by atoms with E-state index in [9.17, 15) is 14.3 Å². The van der Waals surface area contributed by atoms with E-state index < -0.39 is 11.7 Å². The Hall–Kier alpha value is -1.60. The number of halogens is 3. The Labute approximate surface area is 131 Å². The molecular weight excluding hydrogens is 395 g/mol. The van der Waals surface area contributed by atoms with Crippen molar-refractivity contribution in [2.24, 2.45) is 0 Å². The van der Waals surface area contributed by atoms with Gasteiger partial charge >= 0.3 is 0 Å². The van der Waals surface area contributed by atoms with Crippen LogP contribution in [-0.2, 0) is 0 Å². The van der Waals surface area contributed by atoms with Gasteiger partial charge in [0.15, 0.2) is 0 Å². The molecule has 4 N–H and O–H groups in total. The van der Waals surface area contributed by atoms with E-state index in [0.29, 0.717) is 20.3 Å². The van der Waals surface area contributed by atoms with Crippen LogP contribution >= 0.6 is 31.9 Å². The number of benzene rings is 2. The maximum Gasteiger partial charge on any atom is 0.259 e. The Kier molecular flexibility index (Phi) is 4.29. The van der Waals surface area contributed by atoms with Gasteiger partial charge in [-0.3, -0.25) is 4.79 Å². The third-order valence-corrected chi connectivity index (χ3v) is 3.76. The predicted molar refractivity (Wildman–Crippen MR) is 82.3 cm³/mol. The molecule has 2 aromatic rings. The second-order valence-corrected chi connectivity index (χ2v) is 5.68. The number of hydrogen-bond acceptors (Lipinski definition) is 3. The largest absolute Gasteiger partial charge is 0.507 e. The van der Waals surface area contributed by atoms with Crippen LogP contribution in [-0.4, -0.2) is 11.0 Å². The fourth-order valence-corrected chi connectivity index (χ4v) is 3.00. The van der Waals surface area contributed by atoms with Gasteiger partial charge in [-0.2, -0.15) is 0 Å². The summed E-state index contributed by atoms with van der Waals surface area (Å²) in [6.07, 6.45) is 0. The molecule has 0 aliphatic rings. The summed E-state index contributed by atoms with van der Waals surface area (Å²) in [7, 11) is 0. The van der Waals surface area contributed by atoms with Gasteiger partial charge in [-0.25, -0.2) is 4.39 Å². The van der Waals surface area contributed by atoms with Gasteiger partial charge in [-0.15, -0.1) is 0 Å². The molecule has 0 unspecified atom stereocenters. The lowest BCUT2D eigenvalue weighted by Crippen LogP contribution is -2.13. The van der Waals surface area contributed by atoms with Crippen LogP contribution in [0, 0.1) is 5.82 Å². The summed E-state index contributed by atoms with van der Waals surface area (Å²) in [5.41, 5.74) is 6.45. The summed E-state index contributed by atoms with van der Waals surface area (Å²) in [6.45, 7) is 0. The third-order valence-electron chi connectivity index (χ3n) is 2.51. The van der Waals surface area contributed by atoms with E-state index in [0.717, 1.165) is 18.2 Å². The number of rotatable bonds is 2. The summed E-state index contributed by atoms with van der Waals surface area (Å²) in [6, 6.07) is 6.39. The lowest BCUT2D eigenvalue weighted by molar-refractivity contribution is 0.102. The Balaban J connectivity index is 2.35. The average Bonchev–Trinajstić information content (AvgIpc) is 2.36. The first-order chi connectivity index (χ1) is 9.38. The first kappa shape index (κ1) is 14.8. The topological polar surface area (TPSA) is 75.3 Å². The molecule has 2 rings (SSSR count). The van der Waals surface area contributed by atoms with E-state index in [1.54, 1.807) is 12.1 Å². The number of nitrogens with one attached hydrogen (secondary N) is 1. The number of phenols is 1. The molecule has 0 aliphatic carbocycles. The molecule has 0 atom stereocenters. The quantitative estimate of drug-likeness (QED) is 0.666. The van der Waals surface area contributed by atoms with Crippen LogP contribution in [0.2, 0.25) is 0 Å². The van der Waals surface area contributed by atoms with Gasteiger partial charge in [-0.05, 0) is 62.2 Å². The Morgan fingerprint density at radius 3 is 2.40 bits per heavy atom. The highest BCUT2D eigenvalue weighted by Crippen LogP contribution is 2.34. The fourth-order valence-electron chi connectivity index (χ4n) is 1.58. The van der Waals surface area contributed by atoms with Gasteiger partial charge in [-0.1, -0.05) is 0 Å². The molecule has 0 heterocycles. The van der Waals surface area contributed by atoms with Crippen molar-refractivity contribution in [3.8, 4) is 5.75 Å². The highest BCUT2D eigenvalue weighted by atomic mass is 79.9. The van der Waals surface area contributed by atoms with Crippen molar-refractivity contribution in [1.82, 2.24) is 0 Å². The number of nitrogen functional groups attached to an aromatic ring is 1. The van der Waals surface area contributed by atoms with Crippen molar-refractivity contribution in [3.63, 3.8) is 0 Å². The standard InChI is InChI=1S/C13H9Br2FN2O2/c14-9-4-7(17)5-10(15)12(9)18-13(20)8-3-6(16)1-2-11(8)19/h1-5,19H,17H2,(H,18,20). The van der Waals surface area contributed by atoms with Crippen LogP contribution < -0.4 is 11.1 Å². The first-order valence-electron chi connectivity index (χ1n) is 5.43. The van der Waals surface area contributed by atoms with E-state index in [1.165, 1.54) is 0 Å². The Bertz CT molecular complexity index is 669. The number of anilines is 2. The van der Waals surface area contributed by atoms with Crippen molar-refractivity contribution in [2.75, 3.05) is 11.1 Å². The number of carbonyl (C=O) groups is 1. The van der Waals surface area contributed by atoms with Gasteiger partial charge in [0.25, 0.3) is 5.91 Å². The molecule has 4 nitrogen and oxygen atoms in total. The van der Waals surface area contributed by atoms with E-state index in [4.69, 9.17) is 5.73 Å². The molecule has 104 valence electrons. The molecule has 1 amide bonds. The summed E-state index contributed by atoms with van der Waals surface area (Å²) in [4.78, 5) is 12.1. The van der Waals surface area contributed by atoms with Crippen molar-refractivity contribution in [1.29, 1.82) is 0 Å². The molecule has 0 bridgehead atoms. The Morgan fingerprint density at radius 1 is 1.20 bits per heavy atom. The van der Waals surface area contributed by atoms with Gasteiger partial charge in [0.1, 0.15) is 11.6 Å². The van der Waals surface area contributed by atoms with Crippen molar-refractivity contribution < 1.29 is 14.3 Å². The van der Waals surface area contributed by atoms with Crippen LogP contribution in [0.15, 0.2) is 39.3 Å². The molecule has 0 aliphatic heterocycles. The summed E-state index contributed by atoms with van der Waals surface area (Å²) >= 11 is 6.54. The number of aromatic hydroxyl groups is 1. The summed E-state index contributed by atoms with van der Waals surface area (Å²) in [5.74, 6) is -1.54. The molecule has 0 radical (unpaired) electrons. The molecule has 0 fully saturated rings. The summed E-state index contributed by atoms with van der Waals surface area (Å²) in [5, 5.41) is 12.2. The molecular formula is C13H9Br2FN2O2. The normalized spacial score (nSPS) is 10.3. The SMILES string of the molecule is Nc1cc(Br)c(NC(=O)c2cc(F)ccc2O)c(Br)c1. The monoisotopic (exact) mass is 402 g/mol. The van der Waals surface area contributed by atoms with Crippen LogP contribution in [0.4, 0.5) is 15.8 Å². The van der Waals surface area contributed by atoms with Crippen LogP contribution in [0.1, 0.15) is 10.4 Å². The molecule has 20 heavy (non-hydrogen) atoms. The lowest BCUT2D eigenvalue weighted by Gasteiger charge is -2.11. The van der Waals surface area contributed by atoms with Gasteiger partial charge in [0.2, 0.25) is 0 Å². The van der Waals surface area contributed by atoms with Crippen molar-refractivity contribution in [3.05, 3.63) is 50.7 Å². The Morgan fingerprint density at radius 2 is 1.80 bits per heavy atom. The third kappa shape index (κ3) is 3.10. The van der Waals surface area contributed by atoms with Crippen LogP contribution in [0.5, 0.6) is 5.75 Å². The highest BCUT2D eigenvalue weighted by molar-refractivity contribution is 9.11. The van der Waals surface area contributed by atoms with Crippen molar-refractivity contribution in [2.45, 2.75) is 0 Å². The number of phenolic OH excluding ortho intramolecular Hbond substituents is 1. The maximum atomic E-state index is 13.1. The highest BCUT2D eigenvalue weighted by Gasteiger charge is 2.15. The van der Waals surface area contributed by atoms with E-state index in [2.05, 4.69) is 37.2 Å². The van der Waals surface area contributed by atoms with E-state index in [1.807, 2.05) is 0 Å². The lowest BCUT2D eigenvalue weighted by atomic mass is 10.1. The molecule has 0 aromatic heterocycles. The second kappa shape index (κ2) is 5.80. The van der Waals surface area contributed by atoms with Crippen LogP contribution in [0.3, 0.4) is 0 Å². The molecule has 2 aromatic carbocycles. The molecule has 0 saturated heterocycles. The average molecular weight is 404 g/mol. The molecule has 0 spiro atoms. The number of nitrogens with two attached hydrogens (primary N) is 1. The maximum absolute atomic E-state index is 13.1. The van der Waals surface area contributed by atoms with Gasteiger partial charge in [0.05, 0.1) is 11.3 Å². The fraction of sp³-hybridized carbons (Fsp3) is 0. The zero-order valence-corrected chi connectivity index (χ0v) is 13.1.